The number of nitrogens with one attached hydrogen (secondary N) is 2. The second-order valence-corrected chi connectivity index (χ2v) is 4.15. The van der Waals surface area contributed by atoms with Crippen LogP contribution in [0.4, 0.5) is 0 Å². The lowest BCUT2D eigenvalue weighted by molar-refractivity contribution is -0.139. The van der Waals surface area contributed by atoms with Crippen molar-refractivity contribution in [3.63, 3.8) is 0 Å². The normalized spacial score (nSPS) is 11.4. The lowest BCUT2D eigenvalue weighted by Gasteiger charge is -2.13. The molecule has 7 heteroatoms. The van der Waals surface area contributed by atoms with Crippen LogP contribution in [0, 0.1) is 0 Å². The Morgan fingerprint density at radius 2 is 2.22 bits per heavy atom. The Bertz CT molecular complexity index is 450. The minimum absolute atomic E-state index is 0.00284. The van der Waals surface area contributed by atoms with Gasteiger partial charge in [-0.2, -0.15) is 0 Å². The molecule has 0 aromatic carbocycles. The predicted molar refractivity (Wildman–Crippen MR) is 70.6 cm³/mol. The molecule has 0 spiro atoms. The molecule has 0 saturated heterocycles. The molecule has 2 amide bonds. The monoisotopic (exact) mass is 266 g/mol. The molecule has 0 fully saturated rings. The highest BCUT2D eigenvalue weighted by molar-refractivity contribution is 7.80. The average molecular weight is 266 g/mol. The summed E-state index contributed by atoms with van der Waals surface area (Å²) >= 11 is 4.59. The van der Waals surface area contributed by atoms with Crippen molar-refractivity contribution < 1.29 is 9.59 Å². The van der Waals surface area contributed by atoms with Gasteiger partial charge in [-0.3, -0.25) is 14.6 Å². The molecule has 0 bridgehead atoms. The maximum absolute atomic E-state index is 11.5. The van der Waals surface area contributed by atoms with Gasteiger partial charge in [-0.15, -0.1) is 0 Å². The molecule has 1 aromatic rings. The standard InChI is InChI=1S/C11H14N4O2S/c1-7(8-3-2-4-13-5-8)15-11(17)10(16)14-6-9(12)18/h2-5,7H,6H2,1H3,(H2,12,18)(H,14,16)(H,15,17). The fourth-order valence-electron chi connectivity index (χ4n) is 1.23. The molecule has 1 heterocycles. The van der Waals surface area contributed by atoms with Crippen molar-refractivity contribution in [2.75, 3.05) is 6.54 Å². The maximum atomic E-state index is 11.5. The summed E-state index contributed by atoms with van der Waals surface area (Å²) in [5, 5.41) is 4.85. The number of amides is 2. The van der Waals surface area contributed by atoms with Crippen LogP contribution in [-0.4, -0.2) is 28.3 Å². The molecule has 0 radical (unpaired) electrons. The summed E-state index contributed by atoms with van der Waals surface area (Å²) < 4.78 is 0. The Morgan fingerprint density at radius 3 is 2.78 bits per heavy atom. The maximum Gasteiger partial charge on any atom is 0.309 e. The second-order valence-electron chi connectivity index (χ2n) is 3.63. The van der Waals surface area contributed by atoms with E-state index in [4.69, 9.17) is 5.73 Å². The van der Waals surface area contributed by atoms with Gasteiger partial charge >= 0.3 is 11.8 Å². The quantitative estimate of drug-likeness (QED) is 0.512. The van der Waals surface area contributed by atoms with E-state index < -0.39 is 11.8 Å². The number of thiocarbonyl (C=S) groups is 1. The lowest BCUT2D eigenvalue weighted by atomic mass is 10.1. The molecule has 0 aliphatic rings. The third-order valence-corrected chi connectivity index (χ3v) is 2.31. The van der Waals surface area contributed by atoms with Crippen LogP contribution in [0.5, 0.6) is 0 Å². The molecule has 6 nitrogen and oxygen atoms in total. The van der Waals surface area contributed by atoms with Gasteiger partial charge < -0.3 is 16.4 Å². The van der Waals surface area contributed by atoms with Crippen molar-refractivity contribution >= 4 is 29.0 Å². The van der Waals surface area contributed by atoms with Crippen LogP contribution in [0.3, 0.4) is 0 Å². The molecule has 96 valence electrons. The van der Waals surface area contributed by atoms with Crippen molar-refractivity contribution in [1.29, 1.82) is 0 Å². The zero-order valence-corrected chi connectivity index (χ0v) is 10.7. The van der Waals surface area contributed by atoms with Crippen LogP contribution in [-0.2, 0) is 9.59 Å². The SMILES string of the molecule is CC(NC(=O)C(=O)NCC(N)=S)c1cccnc1. The summed E-state index contributed by atoms with van der Waals surface area (Å²) in [5.41, 5.74) is 6.02. The summed E-state index contributed by atoms with van der Waals surface area (Å²) in [7, 11) is 0. The van der Waals surface area contributed by atoms with E-state index in [2.05, 4.69) is 27.8 Å². The largest absolute Gasteiger partial charge is 0.392 e. The fourth-order valence-corrected chi connectivity index (χ4v) is 1.30. The Labute approximate surface area is 110 Å². The molecule has 1 unspecified atom stereocenters. The van der Waals surface area contributed by atoms with Crippen LogP contribution in [0.2, 0.25) is 0 Å². The highest BCUT2D eigenvalue weighted by Gasteiger charge is 2.16. The second kappa shape index (κ2) is 6.65. The van der Waals surface area contributed by atoms with E-state index in [0.717, 1.165) is 5.56 Å². The van der Waals surface area contributed by atoms with Crippen LogP contribution in [0.25, 0.3) is 0 Å². The fraction of sp³-hybridized carbons (Fsp3) is 0.273. The van der Waals surface area contributed by atoms with E-state index in [0.29, 0.717) is 0 Å². The van der Waals surface area contributed by atoms with Crippen LogP contribution in [0.15, 0.2) is 24.5 Å². The van der Waals surface area contributed by atoms with Crippen molar-refractivity contribution in [3.05, 3.63) is 30.1 Å². The molecule has 1 aromatic heterocycles. The number of hydrogen-bond donors (Lipinski definition) is 3. The van der Waals surface area contributed by atoms with Gasteiger partial charge in [0.2, 0.25) is 0 Å². The molecular formula is C11H14N4O2S. The van der Waals surface area contributed by atoms with Gasteiger partial charge in [0.25, 0.3) is 0 Å². The van der Waals surface area contributed by atoms with Gasteiger partial charge in [0.05, 0.1) is 17.6 Å². The number of carbonyl (C=O) groups excluding carboxylic acids is 2. The third-order valence-electron chi connectivity index (χ3n) is 2.16. The van der Waals surface area contributed by atoms with Gasteiger partial charge in [-0.25, -0.2) is 0 Å². The summed E-state index contributed by atoms with van der Waals surface area (Å²) in [4.78, 5) is 26.9. The number of hydrogen-bond acceptors (Lipinski definition) is 4. The topological polar surface area (TPSA) is 97.1 Å². The van der Waals surface area contributed by atoms with Gasteiger partial charge in [0.15, 0.2) is 0 Å². The van der Waals surface area contributed by atoms with Gasteiger partial charge in [-0.1, -0.05) is 18.3 Å². The third kappa shape index (κ3) is 4.46. The number of carbonyl (C=O) groups is 2. The number of aromatic nitrogens is 1. The number of pyridine rings is 1. The van der Waals surface area contributed by atoms with Crippen molar-refractivity contribution in [1.82, 2.24) is 15.6 Å². The van der Waals surface area contributed by atoms with E-state index in [1.54, 1.807) is 25.4 Å². The molecule has 0 saturated carbocycles. The first-order valence-corrected chi connectivity index (χ1v) is 5.68. The Morgan fingerprint density at radius 1 is 1.50 bits per heavy atom. The summed E-state index contributed by atoms with van der Waals surface area (Å²) in [6.45, 7) is 1.76. The highest BCUT2D eigenvalue weighted by Crippen LogP contribution is 2.08. The molecule has 1 rings (SSSR count). The van der Waals surface area contributed by atoms with Gasteiger partial charge in [0.1, 0.15) is 0 Å². The van der Waals surface area contributed by atoms with Crippen molar-refractivity contribution in [2.24, 2.45) is 5.73 Å². The lowest BCUT2D eigenvalue weighted by Crippen LogP contribution is -2.43. The van der Waals surface area contributed by atoms with E-state index in [-0.39, 0.29) is 17.6 Å². The van der Waals surface area contributed by atoms with Crippen LogP contribution < -0.4 is 16.4 Å². The zero-order valence-electron chi connectivity index (χ0n) is 9.84. The molecule has 1 atom stereocenters. The van der Waals surface area contributed by atoms with Gasteiger partial charge in [0, 0.05) is 12.4 Å². The molecule has 18 heavy (non-hydrogen) atoms. The van der Waals surface area contributed by atoms with Crippen molar-refractivity contribution in [2.45, 2.75) is 13.0 Å². The number of rotatable bonds is 4. The Kier molecular flexibility index (Phi) is 5.19. The average Bonchev–Trinajstić information content (AvgIpc) is 2.36. The first kappa shape index (κ1) is 14.0. The first-order valence-electron chi connectivity index (χ1n) is 5.27. The Hall–Kier alpha value is -2.02. The minimum Gasteiger partial charge on any atom is -0.392 e. The smallest absolute Gasteiger partial charge is 0.309 e. The van der Waals surface area contributed by atoms with Gasteiger partial charge in [-0.05, 0) is 18.6 Å². The van der Waals surface area contributed by atoms with Crippen molar-refractivity contribution in [3.8, 4) is 0 Å². The molecular weight excluding hydrogens is 252 g/mol. The van der Waals surface area contributed by atoms with E-state index in [9.17, 15) is 9.59 Å². The minimum atomic E-state index is -0.765. The number of nitrogens with two attached hydrogens (primary N) is 1. The summed E-state index contributed by atoms with van der Waals surface area (Å²) in [5.74, 6) is -1.50. The first-order chi connectivity index (χ1) is 8.50. The zero-order chi connectivity index (χ0) is 13.5. The van der Waals surface area contributed by atoms with Crippen LogP contribution in [0.1, 0.15) is 18.5 Å². The van der Waals surface area contributed by atoms with E-state index in [1.165, 1.54) is 0 Å². The molecule has 0 aliphatic heterocycles. The summed E-state index contributed by atoms with van der Waals surface area (Å²) in [6.07, 6.45) is 3.25. The van der Waals surface area contributed by atoms with Crippen LogP contribution >= 0.6 is 12.2 Å². The molecule has 4 N–H and O–H groups in total. The highest BCUT2D eigenvalue weighted by atomic mass is 32.1. The summed E-state index contributed by atoms with van der Waals surface area (Å²) in [6, 6.07) is 3.26. The Balaban J connectivity index is 2.49. The van der Waals surface area contributed by atoms with E-state index in [1.807, 2.05) is 6.07 Å². The predicted octanol–water partition coefficient (Wildman–Crippen LogP) is -0.339. The molecule has 0 aliphatic carbocycles. The number of nitrogens with zero attached hydrogens (tertiary/aromatic N) is 1. The van der Waals surface area contributed by atoms with E-state index >= 15 is 0 Å².